The molecule has 0 heterocycles. The largest absolute Gasteiger partial charge is 0.394 e. The van der Waals surface area contributed by atoms with Gasteiger partial charge in [0.05, 0.1) is 36.1 Å². The van der Waals surface area contributed by atoms with Crippen molar-refractivity contribution in [3.05, 3.63) is 35.4 Å². The highest BCUT2D eigenvalue weighted by Crippen LogP contribution is 2.10. The molecule has 1 aromatic carbocycles. The Hall–Kier alpha value is -1.46. The van der Waals surface area contributed by atoms with Crippen LogP contribution in [0.25, 0.3) is 0 Å². The van der Waals surface area contributed by atoms with Gasteiger partial charge in [-0.3, -0.25) is 0 Å². The number of benzene rings is 1. The standard InChI is InChI=1S/C12H16N2O4S/c1-12(8-15,9-16)14-19(17,18)7-11-4-2-10(6-13)3-5-11/h2-5,14-16H,7-9H2,1H3. The van der Waals surface area contributed by atoms with Crippen LogP contribution in [0.5, 0.6) is 0 Å². The summed E-state index contributed by atoms with van der Waals surface area (Å²) in [6.07, 6.45) is 0. The topological polar surface area (TPSA) is 110 Å². The minimum atomic E-state index is -3.69. The van der Waals surface area contributed by atoms with Crippen LogP contribution in [0, 0.1) is 11.3 Å². The summed E-state index contributed by atoms with van der Waals surface area (Å²) in [6.45, 7) is 0.398. The van der Waals surface area contributed by atoms with Gasteiger partial charge in [-0.15, -0.1) is 0 Å². The summed E-state index contributed by atoms with van der Waals surface area (Å²) in [5.74, 6) is -0.283. The average Bonchev–Trinajstić information content (AvgIpc) is 2.38. The first-order valence-corrected chi connectivity index (χ1v) is 7.22. The highest BCUT2D eigenvalue weighted by Gasteiger charge is 2.28. The maximum absolute atomic E-state index is 11.9. The number of aliphatic hydroxyl groups is 2. The van der Waals surface area contributed by atoms with Crippen molar-refractivity contribution in [2.75, 3.05) is 13.2 Å². The Kier molecular flexibility index (Phi) is 5.03. The summed E-state index contributed by atoms with van der Waals surface area (Å²) in [7, 11) is -3.69. The van der Waals surface area contributed by atoms with Crippen LogP contribution < -0.4 is 4.72 Å². The molecule has 3 N–H and O–H groups in total. The van der Waals surface area contributed by atoms with Crippen molar-refractivity contribution in [3.63, 3.8) is 0 Å². The van der Waals surface area contributed by atoms with E-state index in [-0.39, 0.29) is 5.75 Å². The molecule has 0 atom stereocenters. The summed E-state index contributed by atoms with van der Waals surface area (Å²) in [4.78, 5) is 0. The minimum Gasteiger partial charge on any atom is -0.394 e. The fourth-order valence-corrected chi connectivity index (χ4v) is 3.00. The van der Waals surface area contributed by atoms with E-state index in [1.807, 2.05) is 6.07 Å². The van der Waals surface area contributed by atoms with Crippen molar-refractivity contribution in [2.45, 2.75) is 18.2 Å². The zero-order chi connectivity index (χ0) is 14.5. The molecule has 0 radical (unpaired) electrons. The molecule has 6 nitrogen and oxygen atoms in total. The van der Waals surface area contributed by atoms with Gasteiger partial charge in [-0.05, 0) is 24.6 Å². The van der Waals surface area contributed by atoms with E-state index in [1.165, 1.54) is 19.1 Å². The summed E-state index contributed by atoms with van der Waals surface area (Å²) < 4.78 is 26.0. The number of aliphatic hydroxyl groups excluding tert-OH is 2. The SMILES string of the molecule is CC(CO)(CO)NS(=O)(=O)Cc1ccc(C#N)cc1. The quantitative estimate of drug-likeness (QED) is 0.665. The predicted octanol–water partition coefficient (Wildman–Crippen LogP) is -0.279. The Morgan fingerprint density at radius 2 is 1.79 bits per heavy atom. The van der Waals surface area contributed by atoms with Crippen molar-refractivity contribution >= 4 is 10.0 Å². The van der Waals surface area contributed by atoms with E-state index >= 15 is 0 Å². The van der Waals surface area contributed by atoms with E-state index in [2.05, 4.69) is 4.72 Å². The van der Waals surface area contributed by atoms with Crippen molar-refractivity contribution < 1.29 is 18.6 Å². The fourth-order valence-electron chi connectivity index (χ4n) is 1.42. The smallest absolute Gasteiger partial charge is 0.216 e. The van der Waals surface area contributed by atoms with Crippen LogP contribution in [0.2, 0.25) is 0 Å². The Balaban J connectivity index is 2.82. The zero-order valence-corrected chi connectivity index (χ0v) is 11.3. The Labute approximate surface area is 112 Å². The van der Waals surface area contributed by atoms with Crippen molar-refractivity contribution in [2.24, 2.45) is 0 Å². The van der Waals surface area contributed by atoms with Crippen LogP contribution in [0.4, 0.5) is 0 Å². The predicted molar refractivity (Wildman–Crippen MR) is 69.5 cm³/mol. The summed E-state index contributed by atoms with van der Waals surface area (Å²) >= 11 is 0. The van der Waals surface area contributed by atoms with Crippen LogP contribution in [-0.2, 0) is 15.8 Å². The van der Waals surface area contributed by atoms with Gasteiger partial charge in [-0.2, -0.15) is 5.26 Å². The molecule has 0 saturated heterocycles. The van der Waals surface area contributed by atoms with Crippen LogP contribution in [0.3, 0.4) is 0 Å². The van der Waals surface area contributed by atoms with E-state index in [4.69, 9.17) is 15.5 Å². The van der Waals surface area contributed by atoms with Gasteiger partial charge in [0.1, 0.15) is 0 Å². The van der Waals surface area contributed by atoms with E-state index in [0.717, 1.165) is 0 Å². The van der Waals surface area contributed by atoms with Gasteiger partial charge in [-0.1, -0.05) is 12.1 Å². The van der Waals surface area contributed by atoms with E-state index < -0.39 is 28.8 Å². The first-order chi connectivity index (χ1) is 8.84. The fraction of sp³-hybridized carbons (Fsp3) is 0.417. The molecule has 0 aliphatic heterocycles. The second-order valence-electron chi connectivity index (χ2n) is 4.55. The van der Waals surface area contributed by atoms with Crippen LogP contribution in [0.1, 0.15) is 18.1 Å². The number of sulfonamides is 1. The van der Waals surface area contributed by atoms with Gasteiger partial charge < -0.3 is 10.2 Å². The molecule has 104 valence electrons. The maximum atomic E-state index is 11.9. The normalized spacial score (nSPS) is 12.1. The molecule has 0 fully saturated rings. The molecule has 0 amide bonds. The molecule has 0 unspecified atom stereocenters. The molecule has 0 bridgehead atoms. The molecule has 19 heavy (non-hydrogen) atoms. The third-order valence-corrected chi connectivity index (χ3v) is 4.06. The number of hydrogen-bond acceptors (Lipinski definition) is 5. The van der Waals surface area contributed by atoms with Gasteiger partial charge >= 0.3 is 0 Å². The van der Waals surface area contributed by atoms with Crippen LogP contribution >= 0.6 is 0 Å². The lowest BCUT2D eigenvalue weighted by Gasteiger charge is -2.25. The second-order valence-corrected chi connectivity index (χ2v) is 6.27. The third kappa shape index (κ3) is 4.61. The molecule has 7 heteroatoms. The van der Waals surface area contributed by atoms with Gasteiger partial charge in [-0.25, -0.2) is 13.1 Å². The van der Waals surface area contributed by atoms with E-state index in [0.29, 0.717) is 11.1 Å². The lowest BCUT2D eigenvalue weighted by atomic mass is 10.1. The third-order valence-electron chi connectivity index (χ3n) is 2.54. The van der Waals surface area contributed by atoms with Crippen molar-refractivity contribution in [1.29, 1.82) is 5.26 Å². The Morgan fingerprint density at radius 3 is 2.21 bits per heavy atom. The first kappa shape index (κ1) is 15.6. The van der Waals surface area contributed by atoms with Gasteiger partial charge in [0.15, 0.2) is 0 Å². The zero-order valence-electron chi connectivity index (χ0n) is 10.5. The molecule has 0 aliphatic rings. The Morgan fingerprint density at radius 1 is 1.26 bits per heavy atom. The lowest BCUT2D eigenvalue weighted by molar-refractivity contribution is 0.121. The van der Waals surface area contributed by atoms with Crippen molar-refractivity contribution in [1.82, 2.24) is 4.72 Å². The summed E-state index contributed by atoms with van der Waals surface area (Å²) in [6, 6.07) is 8.10. The molecule has 1 aromatic rings. The van der Waals surface area contributed by atoms with E-state index in [9.17, 15) is 8.42 Å². The molecule has 1 rings (SSSR count). The number of nitrogens with zero attached hydrogens (tertiary/aromatic N) is 1. The summed E-state index contributed by atoms with van der Waals surface area (Å²) in [5.41, 5.74) is -0.319. The van der Waals surface area contributed by atoms with Crippen LogP contribution in [0.15, 0.2) is 24.3 Å². The highest BCUT2D eigenvalue weighted by atomic mass is 32.2. The number of nitriles is 1. The maximum Gasteiger partial charge on any atom is 0.216 e. The number of nitrogens with one attached hydrogen (secondary N) is 1. The van der Waals surface area contributed by atoms with Crippen LogP contribution in [-0.4, -0.2) is 37.4 Å². The first-order valence-electron chi connectivity index (χ1n) is 5.56. The monoisotopic (exact) mass is 284 g/mol. The lowest BCUT2D eigenvalue weighted by Crippen LogP contribution is -2.51. The Bertz CT molecular complexity index is 556. The van der Waals surface area contributed by atoms with Gasteiger partial charge in [0, 0.05) is 0 Å². The number of rotatable bonds is 6. The number of hydrogen-bond donors (Lipinski definition) is 3. The highest BCUT2D eigenvalue weighted by molar-refractivity contribution is 7.88. The van der Waals surface area contributed by atoms with Gasteiger partial charge in [0.2, 0.25) is 10.0 Å². The molecule has 0 aromatic heterocycles. The minimum absolute atomic E-state index is 0.283. The molecule has 0 aliphatic carbocycles. The average molecular weight is 284 g/mol. The summed E-state index contributed by atoms with van der Waals surface area (Å²) in [5, 5.41) is 26.8. The van der Waals surface area contributed by atoms with Gasteiger partial charge in [0.25, 0.3) is 0 Å². The second kappa shape index (κ2) is 6.12. The van der Waals surface area contributed by atoms with Crippen molar-refractivity contribution in [3.8, 4) is 6.07 Å². The molecule has 0 saturated carbocycles. The van der Waals surface area contributed by atoms with E-state index in [1.54, 1.807) is 12.1 Å². The molecular formula is C12H16N2O4S. The molecule has 0 spiro atoms. The molecular weight excluding hydrogens is 268 g/mol.